The van der Waals surface area contributed by atoms with Crippen LogP contribution in [0.25, 0.3) is 0 Å². The summed E-state index contributed by atoms with van der Waals surface area (Å²) in [6, 6.07) is 4.15. The number of rotatable bonds is 5. The van der Waals surface area contributed by atoms with Gasteiger partial charge in [-0.3, -0.25) is 10.1 Å². The number of hydrogen-bond acceptors (Lipinski definition) is 4. The van der Waals surface area contributed by atoms with Gasteiger partial charge in [0.25, 0.3) is 0 Å². The average molecular weight is 268 g/mol. The normalized spacial score (nSPS) is 20.4. The molecule has 0 amide bonds. The van der Waals surface area contributed by atoms with E-state index in [-0.39, 0.29) is 12.1 Å². The summed E-state index contributed by atoms with van der Waals surface area (Å²) in [6.45, 7) is 3.29. The Balaban J connectivity index is 1.92. The second kappa shape index (κ2) is 6.08. The molecule has 19 heavy (non-hydrogen) atoms. The van der Waals surface area contributed by atoms with E-state index in [0.29, 0.717) is 12.1 Å². The summed E-state index contributed by atoms with van der Waals surface area (Å²) in [5, 5.41) is 13.8. The summed E-state index contributed by atoms with van der Waals surface area (Å²) >= 11 is 0. The Bertz CT molecular complexity index is 461. The van der Waals surface area contributed by atoms with Gasteiger partial charge < -0.3 is 10.1 Å². The Labute approximate surface area is 110 Å². The number of nitro groups is 1. The summed E-state index contributed by atoms with van der Waals surface area (Å²) in [4.78, 5) is 9.79. The van der Waals surface area contributed by atoms with Crippen molar-refractivity contribution in [2.24, 2.45) is 0 Å². The third-order valence-electron chi connectivity index (χ3n) is 3.36. The third-order valence-corrected chi connectivity index (χ3v) is 3.36. The summed E-state index contributed by atoms with van der Waals surface area (Å²) in [7, 11) is 0. The molecule has 2 rings (SSSR count). The maximum absolute atomic E-state index is 13.4. The predicted octanol–water partition coefficient (Wildman–Crippen LogP) is 2.39. The van der Waals surface area contributed by atoms with Crippen LogP contribution in [0.15, 0.2) is 18.2 Å². The Morgan fingerprint density at radius 3 is 3.00 bits per heavy atom. The van der Waals surface area contributed by atoms with Crippen molar-refractivity contribution in [2.75, 3.05) is 6.61 Å². The van der Waals surface area contributed by atoms with Crippen molar-refractivity contribution >= 4 is 5.69 Å². The van der Waals surface area contributed by atoms with Gasteiger partial charge in [0, 0.05) is 25.3 Å². The van der Waals surface area contributed by atoms with Crippen molar-refractivity contribution < 1.29 is 14.1 Å². The fraction of sp³-hybridized carbons (Fsp3) is 0.538. The number of nitrogens with one attached hydrogen (secondary N) is 1. The van der Waals surface area contributed by atoms with Crippen molar-refractivity contribution in [2.45, 2.75) is 38.5 Å². The standard InChI is InChI=1S/C13H17FN2O3/c1-9(13-3-2-6-19-13)15-8-10-4-5-12(16(17)18)11(14)7-10/h4-5,7,9,13,15H,2-3,6,8H2,1H3. The number of halogens is 1. The molecule has 0 spiro atoms. The van der Waals surface area contributed by atoms with Crippen LogP contribution in [0, 0.1) is 15.9 Å². The monoisotopic (exact) mass is 268 g/mol. The number of hydrogen-bond donors (Lipinski definition) is 1. The molecule has 0 aliphatic carbocycles. The van der Waals surface area contributed by atoms with Crippen LogP contribution in [0.1, 0.15) is 25.3 Å². The lowest BCUT2D eigenvalue weighted by molar-refractivity contribution is -0.387. The minimum absolute atomic E-state index is 0.181. The molecule has 0 radical (unpaired) electrons. The Morgan fingerprint density at radius 1 is 1.63 bits per heavy atom. The van der Waals surface area contributed by atoms with Crippen molar-refractivity contribution in [3.63, 3.8) is 0 Å². The molecule has 1 heterocycles. The Kier molecular flexibility index (Phi) is 4.44. The first kappa shape index (κ1) is 13.9. The molecule has 104 valence electrons. The lowest BCUT2D eigenvalue weighted by Crippen LogP contribution is -2.36. The highest BCUT2D eigenvalue weighted by Crippen LogP contribution is 2.19. The maximum Gasteiger partial charge on any atom is 0.304 e. The molecule has 0 aromatic heterocycles. The number of ether oxygens (including phenoxy) is 1. The average Bonchev–Trinajstić information content (AvgIpc) is 2.89. The molecule has 1 saturated heterocycles. The lowest BCUT2D eigenvalue weighted by atomic mass is 10.1. The molecule has 2 unspecified atom stereocenters. The predicted molar refractivity (Wildman–Crippen MR) is 68.3 cm³/mol. The van der Waals surface area contributed by atoms with Gasteiger partial charge in [0.05, 0.1) is 11.0 Å². The van der Waals surface area contributed by atoms with Crippen molar-refractivity contribution in [3.05, 3.63) is 39.7 Å². The molecule has 1 N–H and O–H groups in total. The van der Waals surface area contributed by atoms with Gasteiger partial charge >= 0.3 is 5.69 Å². The Hall–Kier alpha value is -1.53. The fourth-order valence-corrected chi connectivity index (χ4v) is 2.22. The molecule has 1 fully saturated rings. The largest absolute Gasteiger partial charge is 0.377 e. The van der Waals surface area contributed by atoms with Crippen LogP contribution < -0.4 is 5.32 Å². The number of benzene rings is 1. The zero-order valence-corrected chi connectivity index (χ0v) is 10.8. The van der Waals surface area contributed by atoms with Crippen LogP contribution >= 0.6 is 0 Å². The van der Waals surface area contributed by atoms with E-state index < -0.39 is 16.4 Å². The first-order chi connectivity index (χ1) is 9.08. The van der Waals surface area contributed by atoms with Gasteiger partial charge in [-0.2, -0.15) is 4.39 Å². The number of nitro benzene ring substituents is 1. The van der Waals surface area contributed by atoms with Crippen molar-refractivity contribution in [3.8, 4) is 0 Å². The molecular weight excluding hydrogens is 251 g/mol. The van der Waals surface area contributed by atoms with E-state index in [1.807, 2.05) is 6.92 Å². The summed E-state index contributed by atoms with van der Waals surface area (Å²) in [6.07, 6.45) is 2.30. The highest BCUT2D eigenvalue weighted by molar-refractivity contribution is 5.34. The third kappa shape index (κ3) is 3.48. The van der Waals surface area contributed by atoms with Gasteiger partial charge in [0.2, 0.25) is 5.82 Å². The Morgan fingerprint density at radius 2 is 2.42 bits per heavy atom. The van der Waals surface area contributed by atoms with Gasteiger partial charge in [-0.1, -0.05) is 6.07 Å². The molecule has 1 aromatic carbocycles. The first-order valence-electron chi connectivity index (χ1n) is 6.35. The van der Waals surface area contributed by atoms with Crippen molar-refractivity contribution in [1.29, 1.82) is 0 Å². The van der Waals surface area contributed by atoms with E-state index >= 15 is 0 Å². The zero-order chi connectivity index (χ0) is 13.8. The second-order valence-electron chi connectivity index (χ2n) is 4.76. The van der Waals surface area contributed by atoms with Crippen LogP contribution in [0.5, 0.6) is 0 Å². The van der Waals surface area contributed by atoms with Crippen LogP contribution in [0.4, 0.5) is 10.1 Å². The van der Waals surface area contributed by atoms with E-state index in [9.17, 15) is 14.5 Å². The maximum atomic E-state index is 13.4. The van der Waals surface area contributed by atoms with E-state index in [4.69, 9.17) is 4.74 Å². The minimum Gasteiger partial charge on any atom is -0.377 e. The molecule has 0 saturated carbocycles. The SMILES string of the molecule is CC(NCc1ccc([N+](=O)[O-])c(F)c1)C1CCCO1. The molecule has 1 aliphatic heterocycles. The molecule has 1 aromatic rings. The van der Waals surface area contributed by atoms with Gasteiger partial charge in [0.1, 0.15) is 0 Å². The zero-order valence-electron chi connectivity index (χ0n) is 10.8. The highest BCUT2D eigenvalue weighted by atomic mass is 19.1. The molecule has 5 nitrogen and oxygen atoms in total. The van der Waals surface area contributed by atoms with Crippen LogP contribution in [-0.2, 0) is 11.3 Å². The van der Waals surface area contributed by atoms with Crippen LogP contribution in [-0.4, -0.2) is 23.7 Å². The molecule has 1 aliphatic rings. The van der Waals surface area contributed by atoms with Gasteiger partial charge in [-0.25, -0.2) is 0 Å². The number of nitrogens with zero attached hydrogens (tertiary/aromatic N) is 1. The topological polar surface area (TPSA) is 64.4 Å². The second-order valence-corrected chi connectivity index (χ2v) is 4.76. The minimum atomic E-state index is -0.797. The molecule has 2 atom stereocenters. The highest BCUT2D eigenvalue weighted by Gasteiger charge is 2.22. The van der Waals surface area contributed by atoms with Crippen molar-refractivity contribution in [1.82, 2.24) is 5.32 Å². The van der Waals surface area contributed by atoms with Crippen LogP contribution in [0.3, 0.4) is 0 Å². The lowest BCUT2D eigenvalue weighted by Gasteiger charge is -2.20. The van der Waals surface area contributed by atoms with Crippen LogP contribution in [0.2, 0.25) is 0 Å². The summed E-state index contributed by atoms with van der Waals surface area (Å²) in [5.74, 6) is -0.797. The van der Waals surface area contributed by atoms with E-state index in [1.54, 1.807) is 6.07 Å². The van der Waals surface area contributed by atoms with Gasteiger partial charge in [-0.15, -0.1) is 0 Å². The van der Waals surface area contributed by atoms with E-state index in [0.717, 1.165) is 19.4 Å². The van der Waals surface area contributed by atoms with Gasteiger partial charge in [-0.05, 0) is 31.4 Å². The van der Waals surface area contributed by atoms with E-state index in [1.165, 1.54) is 12.1 Å². The fourth-order valence-electron chi connectivity index (χ4n) is 2.22. The van der Waals surface area contributed by atoms with Gasteiger partial charge in [0.15, 0.2) is 0 Å². The molecular formula is C13H17FN2O3. The van der Waals surface area contributed by atoms with E-state index in [2.05, 4.69) is 5.32 Å². The summed E-state index contributed by atoms with van der Waals surface area (Å²) in [5.41, 5.74) is 0.198. The first-order valence-corrected chi connectivity index (χ1v) is 6.35. The molecule has 6 heteroatoms. The molecule has 0 bridgehead atoms. The quantitative estimate of drug-likeness (QED) is 0.658. The smallest absolute Gasteiger partial charge is 0.304 e. The summed E-state index contributed by atoms with van der Waals surface area (Å²) < 4.78 is 19.0.